The topological polar surface area (TPSA) is 95.7 Å². The van der Waals surface area contributed by atoms with Crippen molar-refractivity contribution in [2.24, 2.45) is 0 Å². The molecule has 0 unspecified atom stereocenters. The van der Waals surface area contributed by atoms with Gasteiger partial charge in [0, 0.05) is 55.6 Å². The van der Waals surface area contributed by atoms with Crippen LogP contribution < -0.4 is 5.32 Å². The fraction of sp³-hybridized carbons (Fsp3) is 0.320. The first kappa shape index (κ1) is 20.5. The third kappa shape index (κ3) is 3.69. The molecule has 1 fully saturated rings. The van der Waals surface area contributed by atoms with Gasteiger partial charge < -0.3 is 19.7 Å². The van der Waals surface area contributed by atoms with Crippen LogP contribution in [0, 0.1) is 6.92 Å². The van der Waals surface area contributed by atoms with Crippen LogP contribution in [0.5, 0.6) is 0 Å². The summed E-state index contributed by atoms with van der Waals surface area (Å²) < 4.78 is 5.99. The van der Waals surface area contributed by atoms with Crippen LogP contribution in [0.1, 0.15) is 41.7 Å². The van der Waals surface area contributed by atoms with Gasteiger partial charge in [0.15, 0.2) is 0 Å². The second kappa shape index (κ2) is 7.91. The second-order valence-electron chi connectivity index (χ2n) is 8.57. The van der Waals surface area contributed by atoms with E-state index >= 15 is 0 Å². The predicted octanol–water partition coefficient (Wildman–Crippen LogP) is 3.54. The number of amides is 2. The van der Waals surface area contributed by atoms with E-state index in [2.05, 4.69) is 10.3 Å². The fourth-order valence-electron chi connectivity index (χ4n) is 4.58. The van der Waals surface area contributed by atoms with Gasteiger partial charge in [-0.2, -0.15) is 0 Å². The van der Waals surface area contributed by atoms with E-state index in [-0.39, 0.29) is 11.8 Å². The molecule has 1 aromatic carbocycles. The van der Waals surface area contributed by atoms with Gasteiger partial charge in [-0.15, -0.1) is 0 Å². The molecular weight excluding hydrogens is 406 g/mol. The first-order chi connectivity index (χ1) is 15.4. The lowest BCUT2D eigenvalue weighted by molar-refractivity contribution is -0.131. The van der Waals surface area contributed by atoms with Gasteiger partial charge in [-0.05, 0) is 42.7 Å². The highest BCUT2D eigenvalue weighted by Crippen LogP contribution is 2.39. The molecule has 164 valence electrons. The molecule has 7 heteroatoms. The Hall–Kier alpha value is -3.45. The van der Waals surface area contributed by atoms with Crippen molar-refractivity contribution in [3.8, 4) is 0 Å². The van der Waals surface area contributed by atoms with Crippen molar-refractivity contribution in [2.75, 3.05) is 18.4 Å². The van der Waals surface area contributed by atoms with Crippen molar-refractivity contribution in [1.82, 2.24) is 9.88 Å². The maximum atomic E-state index is 12.7. The molecule has 7 nitrogen and oxygen atoms in total. The number of para-hydroxylation sites is 1. The number of nitrogens with one attached hydrogen (secondary N) is 1. The summed E-state index contributed by atoms with van der Waals surface area (Å²) in [6, 6.07) is 9.72. The Morgan fingerprint density at radius 1 is 1.25 bits per heavy atom. The molecule has 2 amide bonds. The van der Waals surface area contributed by atoms with E-state index in [0.29, 0.717) is 50.4 Å². The molecule has 3 aromatic rings. The largest absolute Gasteiger partial charge is 0.458 e. The van der Waals surface area contributed by atoms with Crippen LogP contribution in [-0.4, -0.2) is 39.9 Å². The number of hydrogen-bond donors (Lipinski definition) is 2. The zero-order valence-corrected chi connectivity index (χ0v) is 17.9. The second-order valence-corrected chi connectivity index (χ2v) is 8.57. The highest BCUT2D eigenvalue weighted by molar-refractivity contribution is 5.94. The van der Waals surface area contributed by atoms with Gasteiger partial charge in [0.2, 0.25) is 11.8 Å². The highest BCUT2D eigenvalue weighted by Gasteiger charge is 2.39. The number of pyridine rings is 1. The number of hydrogen-bond acceptors (Lipinski definition) is 5. The minimum absolute atomic E-state index is 0.0219. The molecule has 2 N–H and O–H groups in total. The third-order valence-electron chi connectivity index (χ3n) is 6.45. The molecule has 4 heterocycles. The fourth-order valence-corrected chi connectivity index (χ4v) is 4.58. The third-order valence-corrected chi connectivity index (χ3v) is 6.45. The van der Waals surface area contributed by atoms with E-state index in [1.807, 2.05) is 37.3 Å². The van der Waals surface area contributed by atoms with Crippen LogP contribution in [0.25, 0.3) is 17.0 Å². The lowest BCUT2D eigenvalue weighted by Gasteiger charge is -2.37. The first-order valence-electron chi connectivity index (χ1n) is 10.9. The number of carbonyl (C=O) groups excluding carboxylic acids is 2. The Morgan fingerprint density at radius 2 is 2.03 bits per heavy atom. The summed E-state index contributed by atoms with van der Waals surface area (Å²) in [4.78, 5) is 30.2. The molecule has 2 aromatic heterocycles. The van der Waals surface area contributed by atoms with Gasteiger partial charge in [-0.25, -0.2) is 4.98 Å². The van der Waals surface area contributed by atoms with Crippen LogP contribution in [0.15, 0.2) is 47.0 Å². The Bertz CT molecular complexity index is 1240. The summed E-state index contributed by atoms with van der Waals surface area (Å²) in [7, 11) is 0. The number of benzene rings is 1. The highest BCUT2D eigenvalue weighted by atomic mass is 16.4. The Morgan fingerprint density at radius 3 is 2.81 bits per heavy atom. The Balaban J connectivity index is 1.25. The van der Waals surface area contributed by atoms with E-state index in [1.165, 1.54) is 0 Å². The molecule has 2 aliphatic rings. The number of likely N-dealkylation sites (tertiary alicyclic amines) is 1. The smallest absolute Gasteiger partial charge is 0.246 e. The number of nitrogens with zero attached hydrogens (tertiary/aromatic N) is 2. The maximum absolute atomic E-state index is 12.7. The number of piperidine rings is 1. The van der Waals surface area contributed by atoms with E-state index in [1.54, 1.807) is 23.2 Å². The van der Waals surface area contributed by atoms with Crippen molar-refractivity contribution in [3.63, 3.8) is 0 Å². The number of anilines is 1. The summed E-state index contributed by atoms with van der Waals surface area (Å²) in [5.74, 6) is 1.08. The number of aliphatic hydroxyl groups is 1. The van der Waals surface area contributed by atoms with Gasteiger partial charge in [-0.3, -0.25) is 9.59 Å². The van der Waals surface area contributed by atoms with E-state index in [0.717, 1.165) is 27.7 Å². The molecule has 0 aliphatic carbocycles. The van der Waals surface area contributed by atoms with E-state index in [9.17, 15) is 14.7 Å². The monoisotopic (exact) mass is 431 g/mol. The lowest BCUT2D eigenvalue weighted by atomic mass is 9.86. The first-order valence-corrected chi connectivity index (χ1v) is 10.9. The zero-order valence-electron chi connectivity index (χ0n) is 17.9. The molecule has 5 rings (SSSR count). The lowest BCUT2D eigenvalue weighted by Crippen LogP contribution is -2.44. The average Bonchev–Trinajstić information content (AvgIpc) is 3.15. The molecular formula is C25H25N3O4. The number of furan rings is 1. The van der Waals surface area contributed by atoms with Crippen LogP contribution in [-0.2, 0) is 21.6 Å². The average molecular weight is 431 g/mol. The summed E-state index contributed by atoms with van der Waals surface area (Å²) >= 11 is 0. The molecule has 0 atom stereocenters. The van der Waals surface area contributed by atoms with Gasteiger partial charge in [0.05, 0.1) is 0 Å². The molecule has 1 saturated heterocycles. The normalized spacial score (nSPS) is 18.1. The van der Waals surface area contributed by atoms with Gasteiger partial charge in [-0.1, -0.05) is 18.2 Å². The minimum atomic E-state index is -1.07. The number of aryl methyl sites for hydroxylation is 2. The SMILES string of the molecule is Cc1c(C2(O)CCN(C(=O)/C=C/c3cnc4c(c3)CCC(=O)N4)CC2)oc2ccccc12. The molecule has 32 heavy (non-hydrogen) atoms. The Labute approximate surface area is 185 Å². The maximum Gasteiger partial charge on any atom is 0.246 e. The summed E-state index contributed by atoms with van der Waals surface area (Å²) in [5.41, 5.74) is 2.45. The molecule has 0 spiro atoms. The summed E-state index contributed by atoms with van der Waals surface area (Å²) in [6.07, 6.45) is 6.88. The number of rotatable bonds is 3. The number of aromatic nitrogens is 1. The van der Waals surface area contributed by atoms with Gasteiger partial charge in [0.25, 0.3) is 0 Å². The number of carbonyl (C=O) groups is 2. The van der Waals surface area contributed by atoms with E-state index < -0.39 is 5.60 Å². The number of fused-ring (bicyclic) bond motifs is 2. The van der Waals surface area contributed by atoms with Gasteiger partial charge >= 0.3 is 0 Å². The van der Waals surface area contributed by atoms with Crippen LogP contribution in [0.3, 0.4) is 0 Å². The van der Waals surface area contributed by atoms with E-state index in [4.69, 9.17) is 4.42 Å². The van der Waals surface area contributed by atoms with Crippen LogP contribution in [0.2, 0.25) is 0 Å². The van der Waals surface area contributed by atoms with Crippen molar-refractivity contribution in [2.45, 2.75) is 38.2 Å². The van der Waals surface area contributed by atoms with Crippen LogP contribution >= 0.6 is 0 Å². The molecule has 0 radical (unpaired) electrons. The quantitative estimate of drug-likeness (QED) is 0.619. The molecule has 0 saturated carbocycles. The summed E-state index contributed by atoms with van der Waals surface area (Å²) in [5, 5.41) is 15.0. The van der Waals surface area contributed by atoms with Gasteiger partial charge in [0.1, 0.15) is 22.8 Å². The zero-order chi connectivity index (χ0) is 22.3. The Kier molecular flexibility index (Phi) is 5.06. The molecule has 2 aliphatic heterocycles. The molecule has 0 bridgehead atoms. The standard InChI is InChI=1S/C25H25N3O4/c1-16-19-4-2-3-5-20(19)32-23(16)25(31)10-12-28(13-11-25)22(30)9-6-17-14-18-7-8-21(29)27-24(18)26-15-17/h2-6,9,14-15,31H,7-8,10-13H2,1H3,(H,26,27,29)/b9-6+. The predicted molar refractivity (Wildman–Crippen MR) is 121 cm³/mol. The van der Waals surface area contributed by atoms with Crippen molar-refractivity contribution >= 4 is 34.7 Å². The summed E-state index contributed by atoms with van der Waals surface area (Å²) in [6.45, 7) is 2.87. The van der Waals surface area contributed by atoms with Crippen molar-refractivity contribution < 1.29 is 19.1 Å². The van der Waals surface area contributed by atoms with Crippen LogP contribution in [0.4, 0.5) is 5.82 Å². The van der Waals surface area contributed by atoms with Crippen molar-refractivity contribution in [3.05, 3.63) is 65.1 Å². The van der Waals surface area contributed by atoms with Crippen molar-refractivity contribution in [1.29, 1.82) is 0 Å². The minimum Gasteiger partial charge on any atom is -0.458 e.